The quantitative estimate of drug-likeness (QED) is 0.494. The van der Waals surface area contributed by atoms with Crippen molar-refractivity contribution in [2.45, 2.75) is 0 Å². The number of aromatic nitrogens is 1. The summed E-state index contributed by atoms with van der Waals surface area (Å²) >= 11 is 7.36. The van der Waals surface area contributed by atoms with E-state index < -0.39 is 0 Å². The number of para-hydroxylation sites is 1. The second-order valence-corrected chi connectivity index (χ2v) is 7.43. The topological polar surface area (TPSA) is 86.5 Å². The molecule has 0 fully saturated rings. The molecule has 0 saturated carbocycles. The molecule has 0 saturated heterocycles. The molecule has 0 unspecified atom stereocenters. The zero-order valence-electron chi connectivity index (χ0n) is 15.1. The van der Waals surface area contributed by atoms with Crippen LogP contribution in [0.15, 0.2) is 42.5 Å². The van der Waals surface area contributed by atoms with Crippen molar-refractivity contribution in [3.8, 4) is 11.5 Å². The smallest absolute Gasteiger partial charge is 0.267 e. The maximum Gasteiger partial charge on any atom is 0.267 e. The van der Waals surface area contributed by atoms with Gasteiger partial charge in [0.25, 0.3) is 5.91 Å². The number of fused-ring (bicyclic) bond motifs is 2. The summed E-state index contributed by atoms with van der Waals surface area (Å²) in [6, 6.07) is 12.6. The number of carbonyl (C=O) groups excluding carboxylic acids is 1. The van der Waals surface area contributed by atoms with Crippen LogP contribution in [0.2, 0.25) is 5.02 Å². The summed E-state index contributed by atoms with van der Waals surface area (Å²) in [4.78, 5) is 18.4. The van der Waals surface area contributed by atoms with Crippen LogP contribution in [0.1, 0.15) is 9.67 Å². The van der Waals surface area contributed by atoms with E-state index in [0.29, 0.717) is 43.0 Å². The van der Waals surface area contributed by atoms with Gasteiger partial charge in [-0.1, -0.05) is 23.7 Å². The van der Waals surface area contributed by atoms with E-state index in [1.165, 1.54) is 11.3 Å². The molecule has 142 valence electrons. The SMILES string of the molecule is COc1cc2cc3c(N)c(C(=O)Nc4ccccc4Cl)sc3nc2cc1OC. The molecule has 2 heterocycles. The molecule has 0 aliphatic carbocycles. The van der Waals surface area contributed by atoms with Gasteiger partial charge in [-0.15, -0.1) is 11.3 Å². The van der Waals surface area contributed by atoms with Crippen LogP contribution < -0.4 is 20.5 Å². The second-order valence-electron chi connectivity index (χ2n) is 6.02. The number of methoxy groups -OCH3 is 2. The van der Waals surface area contributed by atoms with Gasteiger partial charge < -0.3 is 20.5 Å². The van der Waals surface area contributed by atoms with Crippen molar-refractivity contribution < 1.29 is 14.3 Å². The number of hydrogen-bond acceptors (Lipinski definition) is 6. The van der Waals surface area contributed by atoms with Crippen molar-refractivity contribution in [1.29, 1.82) is 0 Å². The van der Waals surface area contributed by atoms with E-state index >= 15 is 0 Å². The molecule has 2 aromatic heterocycles. The molecule has 0 radical (unpaired) electrons. The monoisotopic (exact) mass is 413 g/mol. The molecule has 1 amide bonds. The molecule has 4 rings (SSSR count). The van der Waals surface area contributed by atoms with E-state index in [1.54, 1.807) is 44.6 Å². The van der Waals surface area contributed by atoms with Gasteiger partial charge in [0.1, 0.15) is 9.71 Å². The van der Waals surface area contributed by atoms with Crippen LogP contribution in [0.25, 0.3) is 21.1 Å². The summed E-state index contributed by atoms with van der Waals surface area (Å²) < 4.78 is 10.7. The predicted molar refractivity (Wildman–Crippen MR) is 114 cm³/mol. The molecule has 0 bridgehead atoms. The average molecular weight is 414 g/mol. The van der Waals surface area contributed by atoms with Crippen LogP contribution in [0.4, 0.5) is 11.4 Å². The number of thiophene rings is 1. The first-order valence-corrected chi connectivity index (χ1v) is 9.52. The lowest BCUT2D eigenvalue weighted by Gasteiger charge is -2.08. The molecule has 28 heavy (non-hydrogen) atoms. The normalized spacial score (nSPS) is 11.0. The van der Waals surface area contributed by atoms with E-state index in [4.69, 9.17) is 26.8 Å². The lowest BCUT2D eigenvalue weighted by molar-refractivity contribution is 0.103. The fourth-order valence-corrected chi connectivity index (χ4v) is 4.10. The number of halogens is 1. The first-order chi connectivity index (χ1) is 13.5. The Balaban J connectivity index is 1.80. The molecule has 8 heteroatoms. The Morgan fingerprint density at radius 3 is 2.57 bits per heavy atom. The number of hydrogen-bond donors (Lipinski definition) is 2. The minimum absolute atomic E-state index is 0.326. The Hall–Kier alpha value is -3.03. The van der Waals surface area contributed by atoms with E-state index in [2.05, 4.69) is 10.3 Å². The van der Waals surface area contributed by atoms with E-state index in [-0.39, 0.29) is 5.91 Å². The molecular formula is C20H16ClN3O3S. The second kappa shape index (κ2) is 7.18. The fraction of sp³-hybridized carbons (Fsp3) is 0.100. The van der Waals surface area contributed by atoms with Gasteiger partial charge in [0.05, 0.1) is 36.1 Å². The molecule has 0 spiro atoms. The summed E-state index contributed by atoms with van der Waals surface area (Å²) in [5.74, 6) is 0.859. The first-order valence-electron chi connectivity index (χ1n) is 8.32. The number of carbonyl (C=O) groups is 1. The van der Waals surface area contributed by atoms with Crippen molar-refractivity contribution in [2.24, 2.45) is 0 Å². The largest absolute Gasteiger partial charge is 0.493 e. The molecule has 2 aromatic carbocycles. The fourth-order valence-electron chi connectivity index (χ4n) is 2.94. The van der Waals surface area contributed by atoms with Crippen molar-refractivity contribution in [2.75, 3.05) is 25.3 Å². The van der Waals surface area contributed by atoms with Gasteiger partial charge in [-0.3, -0.25) is 4.79 Å². The van der Waals surface area contributed by atoms with E-state index in [1.807, 2.05) is 12.1 Å². The van der Waals surface area contributed by atoms with Gasteiger partial charge >= 0.3 is 0 Å². The highest BCUT2D eigenvalue weighted by atomic mass is 35.5. The van der Waals surface area contributed by atoms with Crippen LogP contribution in [-0.4, -0.2) is 25.1 Å². The lowest BCUT2D eigenvalue weighted by Crippen LogP contribution is -2.12. The van der Waals surface area contributed by atoms with Gasteiger partial charge in [-0.25, -0.2) is 4.98 Å². The first kappa shape index (κ1) is 18.3. The number of nitrogen functional groups attached to an aromatic ring is 1. The maximum atomic E-state index is 12.7. The molecule has 0 aliphatic heterocycles. The number of nitrogens with two attached hydrogens (primary N) is 1. The van der Waals surface area contributed by atoms with Crippen molar-refractivity contribution in [3.05, 3.63) is 52.4 Å². The van der Waals surface area contributed by atoms with Crippen LogP contribution >= 0.6 is 22.9 Å². The van der Waals surface area contributed by atoms with Crippen LogP contribution in [0, 0.1) is 0 Å². The zero-order valence-corrected chi connectivity index (χ0v) is 16.6. The Morgan fingerprint density at radius 2 is 1.86 bits per heavy atom. The molecule has 4 aromatic rings. The molecule has 0 aliphatic rings. The van der Waals surface area contributed by atoms with Crippen LogP contribution in [-0.2, 0) is 0 Å². The number of nitrogens with one attached hydrogen (secondary N) is 1. The van der Waals surface area contributed by atoms with Crippen LogP contribution in [0.5, 0.6) is 11.5 Å². The molecular weight excluding hydrogens is 398 g/mol. The highest BCUT2D eigenvalue weighted by molar-refractivity contribution is 7.21. The number of anilines is 2. The average Bonchev–Trinajstić information content (AvgIpc) is 3.02. The number of nitrogens with zero attached hydrogens (tertiary/aromatic N) is 1. The highest BCUT2D eigenvalue weighted by Crippen LogP contribution is 2.38. The number of amides is 1. The maximum absolute atomic E-state index is 12.7. The van der Waals surface area contributed by atoms with Crippen molar-refractivity contribution in [1.82, 2.24) is 4.98 Å². The standard InChI is InChI=1S/C20H16ClN3O3S/c1-26-15-8-10-7-11-17(22)18(19(25)23-13-6-4-3-5-12(13)21)28-20(11)24-14(10)9-16(15)27-2/h3-9H,22H2,1-2H3,(H,23,25). The van der Waals surface area contributed by atoms with Gasteiger partial charge in [-0.05, 0) is 24.3 Å². The minimum Gasteiger partial charge on any atom is -0.493 e. The lowest BCUT2D eigenvalue weighted by atomic mass is 10.1. The number of benzene rings is 2. The summed E-state index contributed by atoms with van der Waals surface area (Å²) in [7, 11) is 3.15. The van der Waals surface area contributed by atoms with Gasteiger partial charge in [-0.2, -0.15) is 0 Å². The third-order valence-electron chi connectivity index (χ3n) is 4.35. The number of rotatable bonds is 4. The molecule has 6 nitrogen and oxygen atoms in total. The van der Waals surface area contributed by atoms with Crippen molar-refractivity contribution >= 4 is 61.3 Å². The van der Waals surface area contributed by atoms with Gasteiger partial charge in [0, 0.05) is 16.8 Å². The predicted octanol–water partition coefficient (Wildman–Crippen LogP) is 4.95. The summed E-state index contributed by atoms with van der Waals surface area (Å²) in [6.45, 7) is 0. The third-order valence-corrected chi connectivity index (χ3v) is 5.79. The van der Waals surface area contributed by atoms with Gasteiger partial charge in [0.2, 0.25) is 0 Å². The summed E-state index contributed by atoms with van der Waals surface area (Å²) in [6.07, 6.45) is 0. The third kappa shape index (κ3) is 3.08. The van der Waals surface area contributed by atoms with E-state index in [9.17, 15) is 4.79 Å². The van der Waals surface area contributed by atoms with Gasteiger partial charge in [0.15, 0.2) is 11.5 Å². The van der Waals surface area contributed by atoms with Crippen LogP contribution in [0.3, 0.4) is 0 Å². The highest BCUT2D eigenvalue weighted by Gasteiger charge is 2.19. The van der Waals surface area contributed by atoms with E-state index in [0.717, 1.165) is 10.9 Å². The number of pyridine rings is 1. The summed E-state index contributed by atoms with van der Waals surface area (Å²) in [5, 5.41) is 4.81. The Labute approximate surface area is 169 Å². The Morgan fingerprint density at radius 1 is 1.14 bits per heavy atom. The summed E-state index contributed by atoms with van der Waals surface area (Å²) in [5.41, 5.74) is 7.91. The Bertz CT molecular complexity index is 1220. The molecule has 3 N–H and O–H groups in total. The van der Waals surface area contributed by atoms with Crippen molar-refractivity contribution in [3.63, 3.8) is 0 Å². The number of ether oxygens (including phenoxy) is 2. The Kier molecular flexibility index (Phi) is 4.70. The molecule has 0 atom stereocenters. The minimum atomic E-state index is -0.326. The zero-order chi connectivity index (χ0) is 19.8.